The monoisotopic (exact) mass is 390 g/mol. The number of halogens is 2. The van der Waals surface area contributed by atoms with Gasteiger partial charge in [0.05, 0.1) is 16.8 Å². The topological polar surface area (TPSA) is 66.5 Å². The Morgan fingerprint density at radius 2 is 1.83 bits per heavy atom. The van der Waals surface area contributed by atoms with E-state index in [1.807, 2.05) is 6.07 Å². The number of nitrogens with one attached hydrogen (secondary N) is 1. The number of carbonyl (C=O) groups is 3. The summed E-state index contributed by atoms with van der Waals surface area (Å²) in [5, 5.41) is 2.69. The van der Waals surface area contributed by atoms with Gasteiger partial charge in [-0.15, -0.1) is 0 Å². The van der Waals surface area contributed by atoms with Crippen LogP contribution in [0.2, 0.25) is 0 Å². The van der Waals surface area contributed by atoms with E-state index in [0.29, 0.717) is 5.69 Å². The second-order valence-corrected chi connectivity index (χ2v) is 6.06. The lowest BCUT2D eigenvalue weighted by Gasteiger charge is -2.14. The lowest BCUT2D eigenvalue weighted by Crippen LogP contribution is -2.33. The van der Waals surface area contributed by atoms with Crippen LogP contribution < -0.4 is 5.32 Å². The zero-order valence-corrected chi connectivity index (χ0v) is 14.0. The van der Waals surface area contributed by atoms with Crippen molar-refractivity contribution in [3.8, 4) is 0 Å². The van der Waals surface area contributed by atoms with Crippen molar-refractivity contribution in [3.63, 3.8) is 0 Å². The van der Waals surface area contributed by atoms with Gasteiger partial charge in [0.15, 0.2) is 0 Å². The molecule has 24 heavy (non-hydrogen) atoms. The molecule has 0 saturated carbocycles. The van der Waals surface area contributed by atoms with Gasteiger partial charge in [-0.1, -0.05) is 18.2 Å². The molecule has 0 bridgehead atoms. The number of hydrogen-bond donors (Lipinski definition) is 1. The van der Waals surface area contributed by atoms with Crippen molar-refractivity contribution in [3.05, 3.63) is 63.9 Å². The van der Waals surface area contributed by atoms with Gasteiger partial charge in [0.25, 0.3) is 11.8 Å². The van der Waals surface area contributed by atoms with Crippen LogP contribution >= 0.6 is 15.9 Å². The minimum Gasteiger partial charge on any atom is -0.325 e. The summed E-state index contributed by atoms with van der Waals surface area (Å²) >= 11 is 3.31. The van der Waals surface area contributed by atoms with Gasteiger partial charge in [0.2, 0.25) is 5.91 Å². The number of anilines is 1. The fourth-order valence-corrected chi connectivity index (χ4v) is 2.87. The van der Waals surface area contributed by atoms with E-state index in [1.165, 1.54) is 12.1 Å². The van der Waals surface area contributed by atoms with E-state index in [4.69, 9.17) is 0 Å². The number of carbonyl (C=O) groups excluding carboxylic acids is 3. The van der Waals surface area contributed by atoms with Gasteiger partial charge >= 0.3 is 0 Å². The third-order valence-corrected chi connectivity index (χ3v) is 4.35. The minimum atomic E-state index is -0.731. The zero-order chi connectivity index (χ0) is 17.3. The molecule has 122 valence electrons. The fraction of sp³-hybridized carbons (Fsp3) is 0.118. The molecule has 3 amide bonds. The fourth-order valence-electron chi connectivity index (χ4n) is 2.48. The first-order valence-corrected chi connectivity index (χ1v) is 7.97. The molecule has 2 aromatic rings. The lowest BCUT2D eigenvalue weighted by atomic mass is 10.1. The molecule has 0 radical (unpaired) electrons. The summed E-state index contributed by atoms with van der Waals surface area (Å²) in [7, 11) is 0. The average molecular weight is 391 g/mol. The van der Waals surface area contributed by atoms with Crippen molar-refractivity contribution in [2.24, 2.45) is 0 Å². The van der Waals surface area contributed by atoms with Crippen molar-refractivity contribution in [2.45, 2.75) is 6.42 Å². The second-order valence-electron chi connectivity index (χ2n) is 5.20. The predicted molar refractivity (Wildman–Crippen MR) is 89.2 cm³/mol. The molecule has 0 unspecified atom stereocenters. The molecule has 1 aliphatic rings. The maximum absolute atomic E-state index is 13.7. The minimum absolute atomic E-state index is 0.0335. The molecule has 0 atom stereocenters. The number of benzene rings is 2. The van der Waals surface area contributed by atoms with Crippen LogP contribution in [0.3, 0.4) is 0 Å². The molecule has 3 rings (SSSR count). The van der Waals surface area contributed by atoms with Crippen LogP contribution in [-0.4, -0.2) is 29.2 Å². The van der Waals surface area contributed by atoms with Crippen molar-refractivity contribution >= 4 is 39.3 Å². The molecule has 0 aromatic heterocycles. The first-order chi connectivity index (χ1) is 11.5. The predicted octanol–water partition coefficient (Wildman–Crippen LogP) is 3.21. The van der Waals surface area contributed by atoms with Gasteiger partial charge in [0, 0.05) is 17.4 Å². The molecular weight excluding hydrogens is 379 g/mol. The third-order valence-electron chi connectivity index (χ3n) is 3.66. The standard InChI is InChI=1S/C17H12BrFN2O3/c18-11-5-1-2-7-13(11)20-14(22)8-9-21-16(23)10-4-3-6-12(19)15(10)17(21)24/h1-7H,8-9H2,(H,20,22). The second kappa shape index (κ2) is 6.52. The van der Waals surface area contributed by atoms with Gasteiger partial charge in [-0.3, -0.25) is 19.3 Å². The highest BCUT2D eigenvalue weighted by Gasteiger charge is 2.37. The molecule has 0 saturated heterocycles. The van der Waals surface area contributed by atoms with Crippen LogP contribution in [0.1, 0.15) is 27.1 Å². The number of fused-ring (bicyclic) bond motifs is 1. The summed E-state index contributed by atoms with van der Waals surface area (Å²) in [6, 6.07) is 11.0. The van der Waals surface area contributed by atoms with Crippen LogP contribution in [0.15, 0.2) is 46.9 Å². The SMILES string of the molecule is O=C(CCN1C(=O)c2cccc(F)c2C1=O)Nc1ccccc1Br. The molecule has 1 N–H and O–H groups in total. The van der Waals surface area contributed by atoms with Crippen LogP contribution in [0.25, 0.3) is 0 Å². The molecule has 0 aliphatic carbocycles. The molecule has 2 aromatic carbocycles. The van der Waals surface area contributed by atoms with Crippen molar-refractivity contribution in [1.29, 1.82) is 0 Å². The van der Waals surface area contributed by atoms with Crippen molar-refractivity contribution in [1.82, 2.24) is 4.90 Å². The van der Waals surface area contributed by atoms with Crippen LogP contribution in [0, 0.1) is 5.82 Å². The number of imide groups is 1. The highest BCUT2D eigenvalue weighted by atomic mass is 79.9. The van der Waals surface area contributed by atoms with Gasteiger partial charge in [0.1, 0.15) is 5.82 Å². The normalized spacial score (nSPS) is 13.2. The van der Waals surface area contributed by atoms with Gasteiger partial charge < -0.3 is 5.32 Å². The molecule has 1 heterocycles. The maximum Gasteiger partial charge on any atom is 0.264 e. The van der Waals surface area contributed by atoms with E-state index in [-0.39, 0.29) is 30.0 Å². The molecule has 1 aliphatic heterocycles. The van der Waals surface area contributed by atoms with E-state index in [1.54, 1.807) is 18.2 Å². The van der Waals surface area contributed by atoms with E-state index in [9.17, 15) is 18.8 Å². The smallest absolute Gasteiger partial charge is 0.264 e. The number of amides is 3. The van der Waals surface area contributed by atoms with Crippen LogP contribution in [-0.2, 0) is 4.79 Å². The maximum atomic E-state index is 13.7. The Labute approximate surface area is 145 Å². The molecule has 5 nitrogen and oxygen atoms in total. The third kappa shape index (κ3) is 2.94. The Kier molecular flexibility index (Phi) is 4.44. The van der Waals surface area contributed by atoms with Crippen LogP contribution in [0.5, 0.6) is 0 Å². The summed E-state index contributed by atoms with van der Waals surface area (Å²) < 4.78 is 14.5. The summed E-state index contributed by atoms with van der Waals surface area (Å²) in [6.07, 6.45) is -0.0750. The summed E-state index contributed by atoms with van der Waals surface area (Å²) in [5.41, 5.74) is 0.399. The number of nitrogens with zero attached hydrogens (tertiary/aromatic N) is 1. The van der Waals surface area contributed by atoms with Gasteiger partial charge in [-0.05, 0) is 40.2 Å². The van der Waals surface area contributed by atoms with Crippen LogP contribution in [0.4, 0.5) is 10.1 Å². The Morgan fingerprint density at radius 1 is 1.08 bits per heavy atom. The Hall–Kier alpha value is -2.54. The van der Waals surface area contributed by atoms with E-state index in [2.05, 4.69) is 21.2 Å². The molecule has 0 spiro atoms. The van der Waals surface area contributed by atoms with Gasteiger partial charge in [-0.25, -0.2) is 4.39 Å². The number of rotatable bonds is 4. The summed E-state index contributed by atoms with van der Waals surface area (Å²) in [6.45, 7) is -0.109. The van der Waals surface area contributed by atoms with Crippen molar-refractivity contribution in [2.75, 3.05) is 11.9 Å². The van der Waals surface area contributed by atoms with E-state index < -0.39 is 17.6 Å². The van der Waals surface area contributed by atoms with Crippen molar-refractivity contribution < 1.29 is 18.8 Å². The summed E-state index contributed by atoms with van der Waals surface area (Å²) in [4.78, 5) is 37.3. The Bertz CT molecular complexity index is 853. The van der Waals surface area contributed by atoms with E-state index in [0.717, 1.165) is 15.4 Å². The number of para-hydroxylation sites is 1. The highest BCUT2D eigenvalue weighted by Crippen LogP contribution is 2.25. The Balaban J connectivity index is 1.67. The lowest BCUT2D eigenvalue weighted by molar-refractivity contribution is -0.116. The quantitative estimate of drug-likeness (QED) is 0.815. The molecule has 0 fully saturated rings. The average Bonchev–Trinajstić information content (AvgIpc) is 2.80. The highest BCUT2D eigenvalue weighted by molar-refractivity contribution is 9.10. The molecule has 7 heteroatoms. The first kappa shape index (κ1) is 16.3. The first-order valence-electron chi connectivity index (χ1n) is 7.18. The zero-order valence-electron chi connectivity index (χ0n) is 12.4. The largest absolute Gasteiger partial charge is 0.325 e. The van der Waals surface area contributed by atoms with E-state index >= 15 is 0 Å². The molecular formula is C17H12BrFN2O3. The Morgan fingerprint density at radius 3 is 2.54 bits per heavy atom. The van der Waals surface area contributed by atoms with Gasteiger partial charge in [-0.2, -0.15) is 0 Å². The number of hydrogen-bond acceptors (Lipinski definition) is 3. The summed E-state index contributed by atoms with van der Waals surface area (Å²) in [5.74, 6) is -2.37.